The second-order valence-corrected chi connectivity index (χ2v) is 6.87. The molecule has 9 heteroatoms. The third kappa shape index (κ3) is 2.88. The van der Waals surface area contributed by atoms with E-state index in [0.29, 0.717) is 5.52 Å². The minimum absolute atomic E-state index is 0.00216. The van der Waals surface area contributed by atoms with Gasteiger partial charge in [0.25, 0.3) is 5.56 Å². The molecular formula is C22H12F3N5O. The number of para-hydroxylation sites is 1. The van der Waals surface area contributed by atoms with Crippen LogP contribution in [0.3, 0.4) is 0 Å². The number of rotatable bonds is 2. The molecule has 31 heavy (non-hydrogen) atoms. The number of nitrogens with one attached hydrogen (secondary N) is 1. The summed E-state index contributed by atoms with van der Waals surface area (Å²) in [5, 5.41) is 10.3. The molecule has 0 saturated carbocycles. The van der Waals surface area contributed by atoms with Crippen molar-refractivity contribution in [2.24, 2.45) is 0 Å². The van der Waals surface area contributed by atoms with Gasteiger partial charge >= 0.3 is 6.18 Å². The molecule has 0 aliphatic rings. The fraction of sp³-hybridized carbons (Fsp3) is 0.0455. The molecule has 5 aromatic rings. The molecule has 0 atom stereocenters. The Morgan fingerprint density at radius 1 is 1.03 bits per heavy atom. The van der Waals surface area contributed by atoms with Crippen LogP contribution < -0.4 is 5.56 Å². The standard InChI is InChI=1S/C22H12F3N5O/c23-22(24,25)19-21(31)30(18-14(11-26)12-27-20(18)28-19)16-7-6-13-8-9-29(17(13)10-16)15-4-2-1-3-5-15/h1-10,12,27H. The third-order valence-corrected chi connectivity index (χ3v) is 5.04. The summed E-state index contributed by atoms with van der Waals surface area (Å²) in [6.07, 6.45) is -1.87. The lowest BCUT2D eigenvalue weighted by Crippen LogP contribution is -2.30. The van der Waals surface area contributed by atoms with E-state index in [0.717, 1.165) is 15.6 Å². The zero-order chi connectivity index (χ0) is 21.8. The van der Waals surface area contributed by atoms with Gasteiger partial charge in [-0.1, -0.05) is 24.3 Å². The molecule has 0 aliphatic heterocycles. The number of hydrogen-bond acceptors (Lipinski definition) is 3. The van der Waals surface area contributed by atoms with Gasteiger partial charge in [-0.25, -0.2) is 4.98 Å². The van der Waals surface area contributed by atoms with Crippen molar-refractivity contribution in [2.45, 2.75) is 6.18 Å². The Morgan fingerprint density at radius 3 is 2.52 bits per heavy atom. The van der Waals surface area contributed by atoms with Gasteiger partial charge in [0.05, 0.1) is 16.8 Å². The first-order valence-electron chi connectivity index (χ1n) is 9.17. The summed E-state index contributed by atoms with van der Waals surface area (Å²) in [4.78, 5) is 18.9. The highest BCUT2D eigenvalue weighted by Crippen LogP contribution is 2.29. The van der Waals surface area contributed by atoms with Crippen molar-refractivity contribution in [3.63, 3.8) is 0 Å². The maximum absolute atomic E-state index is 13.5. The smallest absolute Gasteiger partial charge is 0.343 e. The summed E-state index contributed by atoms with van der Waals surface area (Å²) >= 11 is 0. The Balaban J connectivity index is 1.85. The Kier molecular flexibility index (Phi) is 3.98. The fourth-order valence-corrected chi connectivity index (χ4v) is 3.67. The van der Waals surface area contributed by atoms with Gasteiger partial charge in [-0.05, 0) is 30.3 Å². The Hall–Kier alpha value is -4.32. The van der Waals surface area contributed by atoms with Gasteiger partial charge in [-0.2, -0.15) is 18.4 Å². The largest absolute Gasteiger partial charge is 0.438 e. The maximum Gasteiger partial charge on any atom is 0.438 e. The van der Waals surface area contributed by atoms with E-state index in [1.807, 2.05) is 53.2 Å². The highest BCUT2D eigenvalue weighted by Gasteiger charge is 2.38. The van der Waals surface area contributed by atoms with E-state index in [1.165, 1.54) is 6.20 Å². The predicted molar refractivity (Wildman–Crippen MR) is 108 cm³/mol. The summed E-state index contributed by atoms with van der Waals surface area (Å²) in [5.74, 6) is 0. The van der Waals surface area contributed by atoms with Crippen molar-refractivity contribution < 1.29 is 13.2 Å². The van der Waals surface area contributed by atoms with E-state index in [9.17, 15) is 23.2 Å². The molecule has 2 aromatic carbocycles. The molecule has 0 fully saturated rings. The van der Waals surface area contributed by atoms with Crippen LogP contribution >= 0.6 is 0 Å². The topological polar surface area (TPSA) is 79.4 Å². The molecule has 0 unspecified atom stereocenters. The summed E-state index contributed by atoms with van der Waals surface area (Å²) < 4.78 is 43.2. The van der Waals surface area contributed by atoms with Crippen molar-refractivity contribution in [1.29, 1.82) is 5.26 Å². The number of aromatic amines is 1. The fourth-order valence-electron chi connectivity index (χ4n) is 3.67. The van der Waals surface area contributed by atoms with Gasteiger partial charge in [-0.3, -0.25) is 9.36 Å². The van der Waals surface area contributed by atoms with Gasteiger partial charge in [0, 0.05) is 23.5 Å². The van der Waals surface area contributed by atoms with E-state index in [4.69, 9.17) is 0 Å². The number of H-pyrrole nitrogens is 1. The summed E-state index contributed by atoms with van der Waals surface area (Å²) in [7, 11) is 0. The average molecular weight is 419 g/mol. The molecule has 3 heterocycles. The number of aromatic nitrogens is 4. The molecule has 3 aromatic heterocycles. The minimum atomic E-state index is -4.95. The van der Waals surface area contributed by atoms with Crippen LogP contribution in [0.15, 0.2) is 71.8 Å². The normalized spacial score (nSPS) is 11.8. The van der Waals surface area contributed by atoms with E-state index in [1.54, 1.807) is 18.2 Å². The molecule has 0 amide bonds. The van der Waals surface area contributed by atoms with E-state index >= 15 is 0 Å². The molecule has 1 N–H and O–H groups in total. The van der Waals surface area contributed by atoms with Crippen LogP contribution in [0.25, 0.3) is 33.4 Å². The second kappa shape index (κ2) is 6.60. The summed E-state index contributed by atoms with van der Waals surface area (Å²) in [6, 6.07) is 18.1. The number of hydrogen-bond donors (Lipinski definition) is 1. The predicted octanol–water partition coefficient (Wildman–Crippen LogP) is 4.55. The number of nitrogens with zero attached hydrogens (tertiary/aromatic N) is 4. The number of fused-ring (bicyclic) bond motifs is 2. The molecule has 5 rings (SSSR count). The van der Waals surface area contributed by atoms with Crippen LogP contribution in [-0.2, 0) is 6.18 Å². The van der Waals surface area contributed by atoms with Crippen molar-refractivity contribution >= 4 is 22.1 Å². The number of benzene rings is 2. The van der Waals surface area contributed by atoms with E-state index in [2.05, 4.69) is 9.97 Å². The first-order chi connectivity index (χ1) is 14.9. The monoisotopic (exact) mass is 419 g/mol. The molecular weight excluding hydrogens is 407 g/mol. The lowest BCUT2D eigenvalue weighted by Gasteiger charge is -2.13. The Labute approximate surface area is 172 Å². The average Bonchev–Trinajstić information content (AvgIpc) is 3.36. The minimum Gasteiger partial charge on any atom is -0.343 e. The first kappa shape index (κ1) is 18.7. The lowest BCUT2D eigenvalue weighted by molar-refractivity contribution is -0.142. The summed E-state index contributed by atoms with van der Waals surface area (Å²) in [6.45, 7) is 0. The highest BCUT2D eigenvalue weighted by atomic mass is 19.4. The summed E-state index contributed by atoms with van der Waals surface area (Å²) in [5.41, 5.74) is -1.31. The second-order valence-electron chi connectivity index (χ2n) is 6.87. The molecule has 6 nitrogen and oxygen atoms in total. The third-order valence-electron chi connectivity index (χ3n) is 5.04. The molecule has 0 aliphatic carbocycles. The molecule has 0 bridgehead atoms. The molecule has 0 saturated heterocycles. The van der Waals surface area contributed by atoms with Gasteiger partial charge in [0.15, 0.2) is 5.65 Å². The Bertz CT molecular complexity index is 1550. The van der Waals surface area contributed by atoms with Crippen molar-refractivity contribution in [3.05, 3.63) is 88.6 Å². The molecule has 0 spiro atoms. The quantitative estimate of drug-likeness (QED) is 0.456. The van der Waals surface area contributed by atoms with Gasteiger partial charge < -0.3 is 9.55 Å². The van der Waals surface area contributed by atoms with Gasteiger partial charge in [0.1, 0.15) is 11.6 Å². The van der Waals surface area contributed by atoms with Crippen LogP contribution in [-0.4, -0.2) is 19.1 Å². The number of alkyl halides is 3. The number of halogens is 3. The first-order valence-corrected chi connectivity index (χ1v) is 9.17. The lowest BCUT2D eigenvalue weighted by atomic mass is 10.2. The van der Waals surface area contributed by atoms with Crippen molar-refractivity contribution in [2.75, 3.05) is 0 Å². The van der Waals surface area contributed by atoms with E-state index < -0.39 is 17.4 Å². The van der Waals surface area contributed by atoms with Crippen LogP contribution in [0.2, 0.25) is 0 Å². The van der Waals surface area contributed by atoms with Gasteiger partial charge in [-0.15, -0.1) is 0 Å². The van der Waals surface area contributed by atoms with Crippen molar-refractivity contribution in [3.8, 4) is 17.4 Å². The van der Waals surface area contributed by atoms with E-state index in [-0.39, 0.29) is 22.4 Å². The number of nitriles is 1. The van der Waals surface area contributed by atoms with Crippen molar-refractivity contribution in [1.82, 2.24) is 19.1 Å². The SMILES string of the molecule is N#Cc1c[nH]c2nc(C(F)(F)F)c(=O)n(-c3ccc4ccn(-c5ccccc5)c4c3)c12. The molecule has 0 radical (unpaired) electrons. The van der Waals surface area contributed by atoms with Crippen LogP contribution in [0.5, 0.6) is 0 Å². The highest BCUT2D eigenvalue weighted by molar-refractivity contribution is 5.86. The van der Waals surface area contributed by atoms with Crippen LogP contribution in [0.4, 0.5) is 13.2 Å². The zero-order valence-electron chi connectivity index (χ0n) is 15.7. The Morgan fingerprint density at radius 2 is 1.81 bits per heavy atom. The molecule has 152 valence electrons. The van der Waals surface area contributed by atoms with Crippen LogP contribution in [0, 0.1) is 11.3 Å². The zero-order valence-corrected chi connectivity index (χ0v) is 15.7. The maximum atomic E-state index is 13.5. The van der Waals surface area contributed by atoms with Gasteiger partial charge in [0.2, 0.25) is 5.69 Å². The van der Waals surface area contributed by atoms with Crippen LogP contribution in [0.1, 0.15) is 11.3 Å².